The predicted octanol–water partition coefficient (Wildman–Crippen LogP) is 4.05. The largest absolute Gasteiger partial charge is 0.397 e. The summed E-state index contributed by atoms with van der Waals surface area (Å²) >= 11 is 6.99. The van der Waals surface area contributed by atoms with Crippen molar-refractivity contribution in [3.63, 3.8) is 0 Å². The molecule has 2 aliphatic rings. The highest BCUT2D eigenvalue weighted by atomic mass is 79.9. The maximum Gasteiger partial charge on any atom is 0.318 e. The molecule has 2 aromatic carbocycles. The van der Waals surface area contributed by atoms with Crippen LogP contribution < -0.4 is 21.3 Å². The van der Waals surface area contributed by atoms with Crippen molar-refractivity contribution in [3.8, 4) is 0 Å². The number of nitrogens with two attached hydrogens (primary N) is 1. The Balaban J connectivity index is 1.22. The van der Waals surface area contributed by atoms with E-state index in [4.69, 9.17) is 5.73 Å². The number of halogens is 2. The SMILES string of the molecule is Nc1c(Br)cc(C[C@H](NC(=O)N2CCC(NC(=O)c3ccccc3)CC2)C(=O)N2CCN(c3ccncc3)CC2)cc1Br. The molecule has 12 heteroatoms. The van der Waals surface area contributed by atoms with Crippen LogP contribution in [-0.2, 0) is 11.2 Å². The number of nitrogens with zero attached hydrogens (tertiary/aromatic N) is 4. The number of carbonyl (C=O) groups is 3. The summed E-state index contributed by atoms with van der Waals surface area (Å²) in [6, 6.07) is 15.8. The van der Waals surface area contributed by atoms with Crippen molar-refractivity contribution in [1.82, 2.24) is 25.4 Å². The second kappa shape index (κ2) is 14.2. The Morgan fingerprint density at radius 2 is 1.51 bits per heavy atom. The van der Waals surface area contributed by atoms with Gasteiger partial charge in [-0.3, -0.25) is 14.6 Å². The number of hydrogen-bond donors (Lipinski definition) is 3. The van der Waals surface area contributed by atoms with Crippen molar-refractivity contribution in [2.75, 3.05) is 49.9 Å². The van der Waals surface area contributed by atoms with Gasteiger partial charge >= 0.3 is 6.03 Å². The molecule has 2 saturated heterocycles. The van der Waals surface area contributed by atoms with E-state index in [1.54, 1.807) is 29.4 Å². The number of amides is 4. The summed E-state index contributed by atoms with van der Waals surface area (Å²) in [6.45, 7) is 3.45. The number of nitrogen functional groups attached to an aromatic ring is 1. The number of benzene rings is 2. The Morgan fingerprint density at radius 1 is 0.884 bits per heavy atom. The third-order valence-electron chi connectivity index (χ3n) is 7.95. The van der Waals surface area contributed by atoms with Crippen molar-refractivity contribution in [2.24, 2.45) is 0 Å². The fraction of sp³-hybridized carbons (Fsp3) is 0.355. The topological polar surface area (TPSA) is 124 Å². The number of likely N-dealkylation sites (tertiary alicyclic amines) is 1. The molecule has 2 aliphatic heterocycles. The minimum Gasteiger partial charge on any atom is -0.397 e. The monoisotopic (exact) mass is 711 g/mol. The molecular weight excluding hydrogens is 678 g/mol. The fourth-order valence-electron chi connectivity index (χ4n) is 5.48. The van der Waals surface area contributed by atoms with Crippen LogP contribution in [0.25, 0.3) is 0 Å². The lowest BCUT2D eigenvalue weighted by Gasteiger charge is -2.38. The summed E-state index contributed by atoms with van der Waals surface area (Å²) in [5.74, 6) is -0.226. The van der Waals surface area contributed by atoms with Gasteiger partial charge in [0, 0.05) is 84.3 Å². The highest BCUT2D eigenvalue weighted by molar-refractivity contribution is 9.11. The quantitative estimate of drug-likeness (QED) is 0.318. The highest BCUT2D eigenvalue weighted by Crippen LogP contribution is 2.30. The maximum absolute atomic E-state index is 13.9. The lowest BCUT2D eigenvalue weighted by atomic mass is 10.0. The lowest BCUT2D eigenvalue weighted by Crippen LogP contribution is -2.58. The first-order chi connectivity index (χ1) is 20.8. The van der Waals surface area contributed by atoms with Gasteiger partial charge in [0.25, 0.3) is 5.91 Å². The zero-order valence-corrected chi connectivity index (χ0v) is 26.9. The molecule has 1 atom stereocenters. The van der Waals surface area contributed by atoms with E-state index in [1.807, 2.05) is 47.4 Å². The minimum absolute atomic E-state index is 0.0182. The Hall–Kier alpha value is -3.64. The number of piperazine rings is 1. The molecule has 3 heterocycles. The second-order valence-electron chi connectivity index (χ2n) is 10.8. The van der Waals surface area contributed by atoms with Crippen LogP contribution in [0.15, 0.2) is 75.9 Å². The van der Waals surface area contributed by atoms with E-state index in [0.29, 0.717) is 69.8 Å². The summed E-state index contributed by atoms with van der Waals surface area (Å²) in [5, 5.41) is 6.11. The average Bonchev–Trinajstić information content (AvgIpc) is 3.04. The van der Waals surface area contributed by atoms with Crippen molar-refractivity contribution in [3.05, 3.63) is 87.1 Å². The second-order valence-corrected chi connectivity index (χ2v) is 12.5. The highest BCUT2D eigenvalue weighted by Gasteiger charge is 2.32. The molecule has 10 nitrogen and oxygen atoms in total. The van der Waals surface area contributed by atoms with Crippen LogP contribution >= 0.6 is 31.9 Å². The first-order valence-electron chi connectivity index (χ1n) is 14.4. The number of hydrogen-bond acceptors (Lipinski definition) is 6. The fourth-order valence-corrected chi connectivity index (χ4v) is 6.76. The molecule has 2 fully saturated rings. The van der Waals surface area contributed by atoms with Gasteiger partial charge in [0.1, 0.15) is 6.04 Å². The molecule has 4 amide bonds. The first-order valence-corrected chi connectivity index (χ1v) is 16.0. The van der Waals surface area contributed by atoms with Crippen LogP contribution in [0.5, 0.6) is 0 Å². The van der Waals surface area contributed by atoms with Crippen LogP contribution in [0.4, 0.5) is 16.2 Å². The van der Waals surface area contributed by atoms with E-state index in [-0.39, 0.29) is 23.9 Å². The molecule has 3 aromatic rings. The van der Waals surface area contributed by atoms with Crippen molar-refractivity contribution < 1.29 is 14.4 Å². The van der Waals surface area contributed by atoms with Crippen LogP contribution in [0, 0.1) is 0 Å². The van der Waals surface area contributed by atoms with Crippen molar-refractivity contribution in [1.29, 1.82) is 0 Å². The van der Waals surface area contributed by atoms with Gasteiger partial charge in [-0.25, -0.2) is 4.79 Å². The summed E-state index contributed by atoms with van der Waals surface area (Å²) in [5.41, 5.74) is 9.22. The van der Waals surface area contributed by atoms with E-state index < -0.39 is 6.04 Å². The number of nitrogens with one attached hydrogen (secondary N) is 2. The van der Waals surface area contributed by atoms with E-state index >= 15 is 0 Å². The zero-order valence-electron chi connectivity index (χ0n) is 23.7. The number of pyridine rings is 1. The minimum atomic E-state index is -0.752. The van der Waals surface area contributed by atoms with Gasteiger partial charge < -0.3 is 31.1 Å². The molecule has 5 rings (SSSR count). The smallest absolute Gasteiger partial charge is 0.318 e. The van der Waals surface area contributed by atoms with E-state index in [2.05, 4.69) is 52.4 Å². The molecule has 4 N–H and O–H groups in total. The Kier molecular flexibility index (Phi) is 10.2. The van der Waals surface area contributed by atoms with Gasteiger partial charge in [-0.2, -0.15) is 0 Å². The summed E-state index contributed by atoms with van der Waals surface area (Å²) in [6.07, 6.45) is 5.12. The molecule has 0 radical (unpaired) electrons. The van der Waals surface area contributed by atoms with Gasteiger partial charge in [0.05, 0.1) is 5.69 Å². The zero-order chi connectivity index (χ0) is 30.3. The van der Waals surface area contributed by atoms with Crippen molar-refractivity contribution in [2.45, 2.75) is 31.3 Å². The van der Waals surface area contributed by atoms with Crippen LogP contribution in [-0.4, -0.2) is 84.0 Å². The van der Waals surface area contributed by atoms with E-state index in [9.17, 15) is 14.4 Å². The number of urea groups is 1. The normalized spacial score (nSPS) is 16.5. The Morgan fingerprint density at radius 3 is 2.14 bits per heavy atom. The summed E-state index contributed by atoms with van der Waals surface area (Å²) in [4.78, 5) is 49.8. The van der Waals surface area contributed by atoms with Gasteiger partial charge in [-0.1, -0.05) is 18.2 Å². The molecule has 0 aliphatic carbocycles. The third kappa shape index (κ3) is 7.85. The van der Waals surface area contributed by atoms with Gasteiger partial charge in [0.15, 0.2) is 0 Å². The molecule has 0 bridgehead atoms. The number of aromatic nitrogens is 1. The van der Waals surface area contributed by atoms with E-state index in [1.165, 1.54) is 0 Å². The van der Waals surface area contributed by atoms with Crippen LogP contribution in [0.3, 0.4) is 0 Å². The lowest BCUT2D eigenvalue weighted by molar-refractivity contribution is -0.133. The summed E-state index contributed by atoms with van der Waals surface area (Å²) < 4.78 is 1.44. The number of anilines is 2. The molecule has 226 valence electrons. The van der Waals surface area contributed by atoms with Crippen molar-refractivity contribution >= 4 is 61.1 Å². The van der Waals surface area contributed by atoms with Crippen LogP contribution in [0.1, 0.15) is 28.8 Å². The standard InChI is InChI=1S/C31H35Br2N7O3/c32-25-18-21(19-26(33)28(25)34)20-27(30(42)39-16-14-38(15-17-39)24-6-10-35-11-7-24)37-31(43)40-12-8-23(9-13-40)36-29(41)22-4-2-1-3-5-22/h1-7,10-11,18-19,23,27H,8-9,12-17,20,34H2,(H,36,41)(H,37,43)/t27-/m0/s1. The molecule has 43 heavy (non-hydrogen) atoms. The average molecular weight is 713 g/mol. The third-order valence-corrected chi connectivity index (χ3v) is 9.26. The number of carbonyl (C=O) groups excluding carboxylic acids is 3. The maximum atomic E-state index is 13.9. The predicted molar refractivity (Wildman–Crippen MR) is 174 cm³/mol. The van der Waals surface area contributed by atoms with Crippen LogP contribution in [0.2, 0.25) is 0 Å². The van der Waals surface area contributed by atoms with Gasteiger partial charge in [0.2, 0.25) is 5.91 Å². The molecular formula is C31H35Br2N7O3. The molecule has 0 spiro atoms. The molecule has 0 saturated carbocycles. The van der Waals surface area contributed by atoms with Gasteiger partial charge in [-0.15, -0.1) is 0 Å². The van der Waals surface area contributed by atoms with E-state index in [0.717, 1.165) is 20.2 Å². The summed E-state index contributed by atoms with van der Waals surface area (Å²) in [7, 11) is 0. The number of piperidine rings is 1. The Bertz CT molecular complexity index is 1400. The molecule has 0 unspecified atom stereocenters. The number of rotatable bonds is 7. The Labute approximate surface area is 268 Å². The first kappa shape index (κ1) is 30.8. The molecule has 1 aromatic heterocycles. The van der Waals surface area contributed by atoms with Gasteiger partial charge in [-0.05, 0) is 86.7 Å².